The van der Waals surface area contributed by atoms with E-state index in [1.807, 2.05) is 0 Å². The second-order valence-electron chi connectivity index (χ2n) is 3.18. The van der Waals surface area contributed by atoms with Crippen LogP contribution in [0.2, 0.25) is 0 Å². The van der Waals surface area contributed by atoms with E-state index in [-0.39, 0.29) is 0 Å². The van der Waals surface area contributed by atoms with Gasteiger partial charge < -0.3 is 4.74 Å². The van der Waals surface area contributed by atoms with Crippen molar-refractivity contribution in [1.29, 1.82) is 0 Å². The molecule has 0 saturated heterocycles. The number of esters is 1. The molecular weight excluding hydrogens is 299 g/mol. The Morgan fingerprint density at radius 3 is 1.84 bits per heavy atom. The maximum atomic E-state index is 12.7. The first-order valence-corrected chi connectivity index (χ1v) is 4.20. The Balaban J connectivity index is 5.08. The second-order valence-corrected chi connectivity index (χ2v) is 3.18. The molecule has 19 heavy (non-hydrogen) atoms. The highest BCUT2D eigenvalue weighted by atomic mass is 19.4. The third-order valence-electron chi connectivity index (χ3n) is 1.76. The van der Waals surface area contributed by atoms with Gasteiger partial charge in [-0.05, 0) is 0 Å². The molecule has 0 heterocycles. The van der Waals surface area contributed by atoms with Crippen LogP contribution >= 0.6 is 0 Å². The largest absolute Gasteiger partial charge is 0.454 e. The molecule has 0 N–H and O–H groups in total. The third-order valence-corrected chi connectivity index (χ3v) is 1.76. The molecular formula is C8H5F9O2. The maximum Gasteiger partial charge on any atom is 0.381 e. The number of hydrogen-bond donors (Lipinski definition) is 0. The van der Waals surface area contributed by atoms with Gasteiger partial charge in [-0.1, -0.05) is 6.58 Å². The molecule has 0 radical (unpaired) electrons. The summed E-state index contributed by atoms with van der Waals surface area (Å²) in [6, 6.07) is 0. The molecule has 0 aromatic heterocycles. The summed E-state index contributed by atoms with van der Waals surface area (Å²) in [4.78, 5) is 10.3. The Labute approximate surface area is 99.4 Å². The minimum atomic E-state index is -6.51. The zero-order chi connectivity index (χ0) is 15.6. The summed E-state index contributed by atoms with van der Waals surface area (Å²) in [5.41, 5.74) is 0. The molecule has 0 aliphatic rings. The van der Waals surface area contributed by atoms with E-state index in [0.29, 0.717) is 0 Å². The van der Waals surface area contributed by atoms with Crippen molar-refractivity contribution in [2.24, 2.45) is 0 Å². The summed E-state index contributed by atoms with van der Waals surface area (Å²) < 4.78 is 114. The van der Waals surface area contributed by atoms with E-state index in [0.717, 1.165) is 0 Å². The number of alkyl halides is 8. The minimum absolute atomic E-state index is 1.96. The number of hydrogen-bond acceptors (Lipinski definition) is 2. The van der Waals surface area contributed by atoms with E-state index in [4.69, 9.17) is 0 Å². The van der Waals surface area contributed by atoms with Gasteiger partial charge in [-0.25, -0.2) is 13.6 Å². The molecule has 0 rings (SSSR count). The predicted molar refractivity (Wildman–Crippen MR) is 42.1 cm³/mol. The highest BCUT2D eigenvalue weighted by molar-refractivity contribution is 5.85. The van der Waals surface area contributed by atoms with Gasteiger partial charge in [-0.15, -0.1) is 0 Å². The average molecular weight is 304 g/mol. The summed E-state index contributed by atoms with van der Waals surface area (Å²) in [6.45, 7) is -0.465. The molecule has 0 bridgehead atoms. The molecule has 0 saturated carbocycles. The lowest BCUT2D eigenvalue weighted by Crippen LogP contribution is -2.59. The molecule has 0 spiro atoms. The van der Waals surface area contributed by atoms with Gasteiger partial charge in [-0.3, -0.25) is 0 Å². The summed E-state index contributed by atoms with van der Waals surface area (Å²) >= 11 is 0. The Hall–Kier alpha value is -1.42. The highest BCUT2D eigenvalue weighted by Gasteiger charge is 2.75. The zero-order valence-electron chi connectivity index (χ0n) is 8.71. The van der Waals surface area contributed by atoms with Crippen molar-refractivity contribution >= 4 is 5.97 Å². The summed E-state index contributed by atoms with van der Waals surface area (Å²) in [6.07, 6.45) is -5.08. The molecule has 0 aromatic rings. The number of ether oxygens (including phenoxy) is 1. The quantitative estimate of drug-likeness (QED) is 0.428. The first-order valence-electron chi connectivity index (χ1n) is 4.20. The second kappa shape index (κ2) is 5.29. The van der Waals surface area contributed by atoms with Crippen molar-refractivity contribution in [3.63, 3.8) is 0 Å². The van der Waals surface area contributed by atoms with Crippen molar-refractivity contribution in [3.8, 4) is 0 Å². The molecule has 11 heteroatoms. The SMILES string of the molecule is C=C(F)C(=O)OCC(F)(F)C(F)(F)C(F)(F)C(F)F. The van der Waals surface area contributed by atoms with Crippen LogP contribution in [0, 0.1) is 0 Å². The van der Waals surface area contributed by atoms with Gasteiger partial charge in [0.2, 0.25) is 5.83 Å². The van der Waals surface area contributed by atoms with Gasteiger partial charge in [0.15, 0.2) is 6.61 Å². The molecule has 0 unspecified atom stereocenters. The fourth-order valence-corrected chi connectivity index (χ4v) is 0.706. The normalized spacial score (nSPS) is 13.6. The number of carbonyl (C=O) groups is 1. The third kappa shape index (κ3) is 3.32. The smallest absolute Gasteiger partial charge is 0.381 e. The van der Waals surface area contributed by atoms with Gasteiger partial charge in [0.25, 0.3) is 0 Å². The molecule has 0 aliphatic heterocycles. The first kappa shape index (κ1) is 17.6. The Morgan fingerprint density at radius 2 is 1.53 bits per heavy atom. The summed E-state index contributed by atoms with van der Waals surface area (Å²) in [7, 11) is 0. The Bertz CT molecular complexity index is 363. The Kier molecular flexibility index (Phi) is 4.90. The van der Waals surface area contributed by atoms with E-state index >= 15 is 0 Å². The molecule has 0 atom stereocenters. The van der Waals surface area contributed by atoms with Gasteiger partial charge in [-0.2, -0.15) is 30.7 Å². The fraction of sp³-hybridized carbons (Fsp3) is 0.625. The van der Waals surface area contributed by atoms with Crippen LogP contribution in [-0.4, -0.2) is 36.8 Å². The van der Waals surface area contributed by atoms with Crippen LogP contribution in [0.15, 0.2) is 12.4 Å². The average Bonchev–Trinajstić information content (AvgIpc) is 2.24. The topological polar surface area (TPSA) is 26.3 Å². The van der Waals surface area contributed by atoms with Crippen LogP contribution in [-0.2, 0) is 9.53 Å². The minimum Gasteiger partial charge on any atom is -0.454 e. The zero-order valence-corrected chi connectivity index (χ0v) is 8.71. The molecule has 0 aliphatic carbocycles. The van der Waals surface area contributed by atoms with Crippen LogP contribution in [0.5, 0.6) is 0 Å². The molecule has 0 fully saturated rings. The van der Waals surface area contributed by atoms with Crippen LogP contribution < -0.4 is 0 Å². The summed E-state index contributed by atoms with van der Waals surface area (Å²) in [5, 5.41) is 0. The monoisotopic (exact) mass is 304 g/mol. The van der Waals surface area contributed by atoms with Crippen molar-refractivity contribution in [2.75, 3.05) is 6.61 Å². The molecule has 2 nitrogen and oxygen atoms in total. The van der Waals surface area contributed by atoms with Crippen molar-refractivity contribution in [2.45, 2.75) is 24.2 Å². The van der Waals surface area contributed by atoms with E-state index < -0.39 is 42.6 Å². The Morgan fingerprint density at radius 1 is 1.11 bits per heavy atom. The van der Waals surface area contributed by atoms with Gasteiger partial charge in [0.05, 0.1) is 0 Å². The lowest BCUT2D eigenvalue weighted by molar-refractivity contribution is -0.344. The first-order chi connectivity index (χ1) is 8.27. The van der Waals surface area contributed by atoms with Crippen molar-refractivity contribution in [3.05, 3.63) is 12.4 Å². The predicted octanol–water partition coefficient (Wildman–Crippen LogP) is 3.18. The lowest BCUT2D eigenvalue weighted by Gasteiger charge is -2.31. The lowest BCUT2D eigenvalue weighted by atomic mass is 10.1. The number of carbonyl (C=O) groups excluding carboxylic acids is 1. The summed E-state index contributed by atoms with van der Waals surface area (Å²) in [5.74, 6) is -22.9. The highest BCUT2D eigenvalue weighted by Crippen LogP contribution is 2.48. The van der Waals surface area contributed by atoms with E-state index in [1.54, 1.807) is 0 Å². The van der Waals surface area contributed by atoms with E-state index in [9.17, 15) is 44.3 Å². The van der Waals surface area contributed by atoms with Gasteiger partial charge in [0.1, 0.15) is 0 Å². The molecule has 112 valence electrons. The van der Waals surface area contributed by atoms with Crippen LogP contribution in [0.25, 0.3) is 0 Å². The number of rotatable bonds is 6. The number of halogens is 9. The fourth-order valence-electron chi connectivity index (χ4n) is 0.706. The van der Waals surface area contributed by atoms with Gasteiger partial charge >= 0.3 is 30.2 Å². The van der Waals surface area contributed by atoms with E-state index in [2.05, 4.69) is 11.3 Å². The van der Waals surface area contributed by atoms with Crippen LogP contribution in [0.4, 0.5) is 39.5 Å². The van der Waals surface area contributed by atoms with Crippen LogP contribution in [0.3, 0.4) is 0 Å². The van der Waals surface area contributed by atoms with Crippen molar-refractivity contribution < 1.29 is 49.0 Å². The molecule has 0 aromatic carbocycles. The van der Waals surface area contributed by atoms with Crippen molar-refractivity contribution in [1.82, 2.24) is 0 Å². The molecule has 0 amide bonds. The maximum absolute atomic E-state index is 12.7. The van der Waals surface area contributed by atoms with E-state index in [1.165, 1.54) is 0 Å². The standard InChI is InChI=1S/C8H5F9O2/c1-3(9)4(18)19-2-6(12,13)8(16,17)7(14,15)5(10)11/h5H,1-2H2. The van der Waals surface area contributed by atoms with Gasteiger partial charge in [0, 0.05) is 0 Å². The van der Waals surface area contributed by atoms with Crippen LogP contribution in [0.1, 0.15) is 0 Å².